The Kier molecular flexibility index (Phi) is 9.03. The highest BCUT2D eigenvalue weighted by Gasteiger charge is 2.37. The number of benzene rings is 2. The van der Waals surface area contributed by atoms with Crippen molar-refractivity contribution in [3.05, 3.63) is 55.6 Å². The molecule has 0 aliphatic carbocycles. The first-order valence-corrected chi connectivity index (χ1v) is 11.3. The van der Waals surface area contributed by atoms with E-state index in [0.717, 1.165) is 0 Å². The molecule has 0 saturated heterocycles. The normalized spacial score (nSPS) is 15.8. The van der Waals surface area contributed by atoms with Gasteiger partial charge in [0.2, 0.25) is 5.91 Å². The van der Waals surface area contributed by atoms with Crippen LogP contribution in [0.15, 0.2) is 34.2 Å². The number of aromatic hydroxyl groups is 1. The number of nitro groups is 1. The second-order valence-electron chi connectivity index (χ2n) is 6.71. The van der Waals surface area contributed by atoms with Crippen LogP contribution in [0.3, 0.4) is 0 Å². The number of nitrogens with zero attached hydrogens (tertiary/aromatic N) is 2. The summed E-state index contributed by atoms with van der Waals surface area (Å²) in [6.07, 6.45) is -4.95. The molecule has 0 bridgehead atoms. The number of nitrogens with one attached hydrogen (secondary N) is 2. The quantitative estimate of drug-likeness (QED) is 0.294. The van der Waals surface area contributed by atoms with Gasteiger partial charge in [0.05, 0.1) is 25.6 Å². The fourth-order valence-electron chi connectivity index (χ4n) is 2.90. The number of alkyl halides is 3. The second kappa shape index (κ2) is 11.2. The van der Waals surface area contributed by atoms with Crippen LogP contribution >= 0.6 is 35.0 Å². The maximum Gasteiger partial charge on any atom is 0.420 e. The molecule has 1 amide bonds. The van der Waals surface area contributed by atoms with Gasteiger partial charge in [0.1, 0.15) is 11.3 Å². The van der Waals surface area contributed by atoms with E-state index in [1.54, 1.807) is 13.0 Å². The SMILES string of the molecule is CC.CC1CC(=O)NNC(Sc2cc(O)c(C(F)(F)F)cc2[N+](=O)[O-])=Nc2cc(Cl)c(Cl)cc21. The lowest BCUT2D eigenvalue weighted by atomic mass is 9.96. The number of carbonyl (C=O) groups excluding carboxylic acids is 1. The summed E-state index contributed by atoms with van der Waals surface area (Å²) < 4.78 is 39.1. The number of hydrazine groups is 1. The summed E-state index contributed by atoms with van der Waals surface area (Å²) in [6.45, 7) is 5.76. The molecule has 8 nitrogen and oxygen atoms in total. The summed E-state index contributed by atoms with van der Waals surface area (Å²) in [7, 11) is 0. The first kappa shape index (κ1) is 27.5. The lowest BCUT2D eigenvalue weighted by Crippen LogP contribution is -2.40. The van der Waals surface area contributed by atoms with Gasteiger partial charge >= 0.3 is 6.18 Å². The van der Waals surface area contributed by atoms with Crippen molar-refractivity contribution >= 4 is 57.4 Å². The molecule has 0 fully saturated rings. The Morgan fingerprint density at radius 3 is 2.38 bits per heavy atom. The highest BCUT2D eigenvalue weighted by atomic mass is 35.5. The van der Waals surface area contributed by atoms with Gasteiger partial charge in [-0.2, -0.15) is 13.2 Å². The van der Waals surface area contributed by atoms with Crippen LogP contribution in [0.25, 0.3) is 0 Å². The number of hydrogen-bond donors (Lipinski definition) is 3. The van der Waals surface area contributed by atoms with E-state index >= 15 is 0 Å². The summed E-state index contributed by atoms with van der Waals surface area (Å²) in [5.74, 6) is -1.95. The third-order valence-corrected chi connectivity index (χ3v) is 6.06. The van der Waals surface area contributed by atoms with Gasteiger partial charge in [-0.3, -0.25) is 25.8 Å². The number of fused-ring (bicyclic) bond motifs is 1. The molecule has 1 aliphatic rings. The summed E-state index contributed by atoms with van der Waals surface area (Å²) >= 11 is 12.7. The van der Waals surface area contributed by atoms with E-state index < -0.39 is 34.0 Å². The van der Waals surface area contributed by atoms with E-state index in [1.807, 2.05) is 13.8 Å². The molecular weight excluding hydrogens is 520 g/mol. The number of hydrogen-bond acceptors (Lipinski definition) is 7. The van der Waals surface area contributed by atoms with E-state index in [9.17, 15) is 33.2 Å². The lowest BCUT2D eigenvalue weighted by Gasteiger charge is -2.13. The molecule has 3 N–H and O–H groups in total. The zero-order valence-electron chi connectivity index (χ0n) is 18.0. The molecule has 3 rings (SSSR count). The number of phenolic OH excluding ortho intramolecular Hbond substituents is 1. The maximum atomic E-state index is 13.0. The van der Waals surface area contributed by atoms with Crippen molar-refractivity contribution in [2.24, 2.45) is 4.99 Å². The van der Waals surface area contributed by atoms with Crippen LogP contribution in [-0.2, 0) is 11.0 Å². The van der Waals surface area contributed by atoms with E-state index in [1.165, 1.54) is 6.07 Å². The molecule has 0 aromatic heterocycles. The van der Waals surface area contributed by atoms with Gasteiger partial charge in [-0.1, -0.05) is 44.0 Å². The van der Waals surface area contributed by atoms with Crippen LogP contribution in [-0.4, -0.2) is 21.1 Å². The fourth-order valence-corrected chi connectivity index (χ4v) is 4.10. The minimum absolute atomic E-state index is 0.0483. The van der Waals surface area contributed by atoms with E-state index in [2.05, 4.69) is 15.8 Å². The Labute approximate surface area is 206 Å². The van der Waals surface area contributed by atoms with Gasteiger partial charge in [0, 0.05) is 18.6 Å². The predicted molar refractivity (Wildman–Crippen MR) is 125 cm³/mol. The minimum Gasteiger partial charge on any atom is -0.507 e. The van der Waals surface area contributed by atoms with Crippen molar-refractivity contribution < 1.29 is 28.0 Å². The number of amides is 1. The largest absolute Gasteiger partial charge is 0.507 e. The number of halogens is 5. The Morgan fingerprint density at radius 2 is 1.79 bits per heavy atom. The number of amidine groups is 1. The molecule has 0 spiro atoms. The van der Waals surface area contributed by atoms with Crippen molar-refractivity contribution in [1.29, 1.82) is 0 Å². The molecule has 1 heterocycles. The Morgan fingerprint density at radius 1 is 1.18 bits per heavy atom. The topological polar surface area (TPSA) is 117 Å². The molecule has 2 aromatic rings. The number of thioether (sulfide) groups is 1. The summed E-state index contributed by atoms with van der Waals surface area (Å²) in [5.41, 5.74) is 3.29. The van der Waals surface area contributed by atoms with Crippen molar-refractivity contribution in [2.45, 2.75) is 44.2 Å². The first-order chi connectivity index (χ1) is 15.9. The number of aliphatic imine (C=N–C) groups is 1. The van der Waals surface area contributed by atoms with Crippen LogP contribution < -0.4 is 10.9 Å². The van der Waals surface area contributed by atoms with Gasteiger partial charge in [-0.15, -0.1) is 0 Å². The third-order valence-electron chi connectivity index (χ3n) is 4.41. The molecule has 0 saturated carbocycles. The van der Waals surface area contributed by atoms with Crippen molar-refractivity contribution in [3.63, 3.8) is 0 Å². The average molecular weight is 539 g/mol. The second-order valence-corrected chi connectivity index (χ2v) is 8.56. The zero-order chi connectivity index (χ0) is 25.8. The van der Waals surface area contributed by atoms with Crippen LogP contribution in [0.5, 0.6) is 5.75 Å². The van der Waals surface area contributed by atoms with Crippen molar-refractivity contribution in [1.82, 2.24) is 10.9 Å². The molecule has 1 atom stereocenters. The monoisotopic (exact) mass is 538 g/mol. The highest BCUT2D eigenvalue weighted by Crippen LogP contribution is 2.43. The molecule has 2 aromatic carbocycles. The number of carbonyl (C=O) groups is 1. The minimum atomic E-state index is -5.00. The van der Waals surface area contributed by atoms with Crippen LogP contribution in [0, 0.1) is 10.1 Å². The van der Waals surface area contributed by atoms with Gasteiger partial charge in [0.25, 0.3) is 5.69 Å². The molecule has 184 valence electrons. The Balaban J connectivity index is 0.00000199. The van der Waals surface area contributed by atoms with Crippen LogP contribution in [0.1, 0.15) is 44.2 Å². The predicted octanol–water partition coefficient (Wildman–Crippen LogP) is 6.56. The van der Waals surface area contributed by atoms with Crippen molar-refractivity contribution in [3.8, 4) is 5.75 Å². The van der Waals surface area contributed by atoms with Gasteiger partial charge in [-0.05, 0) is 35.4 Å². The van der Waals surface area contributed by atoms with E-state index in [0.29, 0.717) is 29.1 Å². The number of phenols is 1. The maximum absolute atomic E-state index is 13.0. The van der Waals surface area contributed by atoms with Crippen LogP contribution in [0.2, 0.25) is 10.0 Å². The Bertz CT molecular complexity index is 1150. The molecule has 34 heavy (non-hydrogen) atoms. The highest BCUT2D eigenvalue weighted by molar-refractivity contribution is 8.14. The molecule has 1 aliphatic heterocycles. The Hall–Kier alpha value is -2.70. The molecule has 14 heteroatoms. The van der Waals surface area contributed by atoms with Crippen LogP contribution in [0.4, 0.5) is 24.5 Å². The first-order valence-electron chi connectivity index (χ1n) is 9.75. The molecule has 1 unspecified atom stereocenters. The summed E-state index contributed by atoms with van der Waals surface area (Å²) in [5, 5.41) is 21.5. The average Bonchev–Trinajstić information content (AvgIpc) is 2.79. The number of rotatable bonds is 2. The summed E-state index contributed by atoms with van der Waals surface area (Å²) in [4.78, 5) is 26.5. The molecule has 0 radical (unpaired) electrons. The third kappa shape index (κ3) is 6.45. The standard InChI is InChI=1S/C18H13Cl2F3N4O4S.C2H6/c1-7-2-16(29)25-26-17(24-12-5-11(20)10(19)3-8(7)12)32-15-6-14(28)9(18(21,22)23)4-13(15)27(30)31;1-2/h3-7,28H,2H2,1H3,(H,24,26)(H,25,29);1-2H3. The van der Waals surface area contributed by atoms with E-state index in [-0.39, 0.29) is 38.5 Å². The summed E-state index contributed by atoms with van der Waals surface area (Å²) in [6, 6.07) is 3.83. The van der Waals surface area contributed by atoms with E-state index in [4.69, 9.17) is 23.2 Å². The smallest absolute Gasteiger partial charge is 0.420 e. The van der Waals surface area contributed by atoms with Crippen molar-refractivity contribution in [2.75, 3.05) is 0 Å². The van der Waals surface area contributed by atoms with Gasteiger partial charge in [-0.25, -0.2) is 4.99 Å². The lowest BCUT2D eigenvalue weighted by molar-refractivity contribution is -0.388. The van der Waals surface area contributed by atoms with Gasteiger partial charge in [0.15, 0.2) is 5.17 Å². The number of nitro benzene ring substituents is 1. The zero-order valence-corrected chi connectivity index (χ0v) is 20.3. The molecular formula is C20H19Cl2F3N4O4S. The van der Waals surface area contributed by atoms with Gasteiger partial charge < -0.3 is 5.11 Å². The fraction of sp³-hybridized carbons (Fsp3) is 0.300.